The Morgan fingerprint density at radius 3 is 2.45 bits per heavy atom. The number of nitrogens with two attached hydrogens (primary N) is 2. The standard InChI is InChI=1S/C35H46F3N9O4/c36-35(37,38)29-20-26(21-30(45-29)47-17-3-6-28(47)32(49)42-16-12-24-8-10-25(22-39)11-9-24)46-18-13-23(14-19-46)4-1-7-31(48)44-27(33(50)51)5-2-15-43-34(40)41/h8-11,20-21,23,27-28H,1-7,12-19H2,(H,42,49)(H,44,48)(H,50,51)(H4,40,41,43)/t27?,28-/m0/s1. The Kier molecular flexibility index (Phi) is 13.9. The summed E-state index contributed by atoms with van der Waals surface area (Å²) in [7, 11) is 0. The molecule has 2 fully saturated rings. The second-order valence-electron chi connectivity index (χ2n) is 13.0. The number of hydrogen-bond donors (Lipinski definition) is 5. The minimum Gasteiger partial charge on any atom is -0.480 e. The van der Waals surface area contributed by atoms with Crippen LogP contribution in [0.2, 0.25) is 0 Å². The summed E-state index contributed by atoms with van der Waals surface area (Å²) in [5.41, 5.74) is 11.4. The molecule has 2 aliphatic rings. The number of piperidine rings is 1. The van der Waals surface area contributed by atoms with Gasteiger partial charge in [-0.05, 0) is 87.5 Å². The molecular formula is C35H46F3N9O4. The van der Waals surface area contributed by atoms with Gasteiger partial charge in [0.1, 0.15) is 23.6 Å². The van der Waals surface area contributed by atoms with Gasteiger partial charge in [0.05, 0.1) is 11.6 Å². The minimum atomic E-state index is -4.67. The first-order chi connectivity index (χ1) is 24.3. The predicted molar refractivity (Wildman–Crippen MR) is 186 cm³/mol. The zero-order chi connectivity index (χ0) is 37.0. The van der Waals surface area contributed by atoms with Crippen molar-refractivity contribution in [3.8, 4) is 6.07 Å². The van der Waals surface area contributed by atoms with Crippen molar-refractivity contribution in [2.24, 2.45) is 22.4 Å². The number of nitrogens with one attached hydrogen (secondary N) is 2. The number of nitrogens with zero attached hydrogens (tertiary/aromatic N) is 5. The largest absolute Gasteiger partial charge is 0.480 e. The number of aromatic nitrogens is 1. The van der Waals surface area contributed by atoms with Gasteiger partial charge >= 0.3 is 12.1 Å². The maximum Gasteiger partial charge on any atom is 0.433 e. The number of halogens is 3. The summed E-state index contributed by atoms with van der Waals surface area (Å²) in [6.07, 6.45) is 0.491. The number of aliphatic carboxylic acids is 1. The molecule has 2 saturated heterocycles. The Morgan fingerprint density at radius 1 is 1.08 bits per heavy atom. The molecule has 4 rings (SSSR count). The maximum atomic E-state index is 14.1. The molecule has 1 aromatic carbocycles. The molecule has 0 radical (unpaired) electrons. The van der Waals surface area contributed by atoms with Gasteiger partial charge < -0.3 is 37.0 Å². The number of guanidine groups is 1. The quantitative estimate of drug-likeness (QED) is 0.0976. The van der Waals surface area contributed by atoms with Crippen molar-refractivity contribution in [1.82, 2.24) is 15.6 Å². The third kappa shape index (κ3) is 11.8. The van der Waals surface area contributed by atoms with Crippen molar-refractivity contribution in [3.05, 3.63) is 53.2 Å². The number of benzene rings is 1. The lowest BCUT2D eigenvalue weighted by molar-refractivity contribution is -0.142. The second-order valence-corrected chi connectivity index (χ2v) is 13.0. The number of hydrogen-bond acceptors (Lipinski definition) is 8. The smallest absolute Gasteiger partial charge is 0.433 e. The lowest BCUT2D eigenvalue weighted by Gasteiger charge is -2.35. The Labute approximate surface area is 295 Å². The van der Waals surface area contributed by atoms with Crippen LogP contribution < -0.4 is 31.9 Å². The Balaban J connectivity index is 1.30. The van der Waals surface area contributed by atoms with E-state index in [9.17, 15) is 32.7 Å². The van der Waals surface area contributed by atoms with Crippen LogP contribution in [0.15, 0.2) is 41.4 Å². The van der Waals surface area contributed by atoms with E-state index < -0.39 is 29.9 Å². The van der Waals surface area contributed by atoms with E-state index in [1.807, 2.05) is 17.0 Å². The van der Waals surface area contributed by atoms with Crippen LogP contribution in [0.25, 0.3) is 0 Å². The third-order valence-corrected chi connectivity index (χ3v) is 9.31. The van der Waals surface area contributed by atoms with Crippen LogP contribution in [0.3, 0.4) is 0 Å². The molecule has 2 aromatic rings. The van der Waals surface area contributed by atoms with Gasteiger partial charge in [0.2, 0.25) is 11.8 Å². The average Bonchev–Trinajstić information content (AvgIpc) is 3.60. The first-order valence-electron chi connectivity index (χ1n) is 17.3. The molecule has 0 bridgehead atoms. The number of carboxylic acid groups (broad SMARTS) is 1. The maximum absolute atomic E-state index is 14.1. The molecule has 2 amide bonds. The number of aliphatic imine (C=N–C) groups is 1. The minimum absolute atomic E-state index is 0.0839. The highest BCUT2D eigenvalue weighted by Crippen LogP contribution is 2.36. The van der Waals surface area contributed by atoms with E-state index in [0.717, 1.165) is 30.9 Å². The summed E-state index contributed by atoms with van der Waals surface area (Å²) >= 11 is 0. The van der Waals surface area contributed by atoms with Gasteiger partial charge in [0.15, 0.2) is 5.96 Å². The highest BCUT2D eigenvalue weighted by atomic mass is 19.4. The van der Waals surface area contributed by atoms with E-state index in [0.29, 0.717) is 69.5 Å². The molecule has 0 aliphatic carbocycles. The lowest BCUT2D eigenvalue weighted by atomic mass is 9.91. The fourth-order valence-corrected chi connectivity index (χ4v) is 6.54. The van der Waals surface area contributed by atoms with E-state index >= 15 is 0 Å². The number of nitriles is 1. The average molecular weight is 714 g/mol. The van der Waals surface area contributed by atoms with Gasteiger partial charge in [0.25, 0.3) is 0 Å². The van der Waals surface area contributed by atoms with Crippen molar-refractivity contribution in [2.45, 2.75) is 82.5 Å². The molecule has 1 unspecified atom stereocenters. The van der Waals surface area contributed by atoms with E-state index in [1.54, 1.807) is 23.1 Å². The van der Waals surface area contributed by atoms with Crippen LogP contribution in [-0.4, -0.2) is 78.6 Å². The molecule has 3 heterocycles. The van der Waals surface area contributed by atoms with E-state index in [-0.39, 0.29) is 48.9 Å². The van der Waals surface area contributed by atoms with Crippen LogP contribution in [0.4, 0.5) is 24.7 Å². The van der Waals surface area contributed by atoms with Crippen LogP contribution in [0, 0.1) is 17.2 Å². The summed E-state index contributed by atoms with van der Waals surface area (Å²) in [6, 6.07) is 10.1. The van der Waals surface area contributed by atoms with Crippen molar-refractivity contribution in [3.63, 3.8) is 0 Å². The highest BCUT2D eigenvalue weighted by molar-refractivity contribution is 5.86. The summed E-state index contributed by atoms with van der Waals surface area (Å²) in [6.45, 7) is 2.06. The van der Waals surface area contributed by atoms with Crippen LogP contribution in [-0.2, 0) is 27.0 Å². The molecule has 0 saturated carbocycles. The van der Waals surface area contributed by atoms with Crippen molar-refractivity contribution >= 4 is 35.2 Å². The normalized spacial score (nSPS) is 17.0. The third-order valence-electron chi connectivity index (χ3n) is 9.31. The second kappa shape index (κ2) is 18.2. The molecular weight excluding hydrogens is 667 g/mol. The van der Waals surface area contributed by atoms with Gasteiger partial charge in [-0.2, -0.15) is 18.4 Å². The zero-order valence-corrected chi connectivity index (χ0v) is 28.5. The van der Waals surface area contributed by atoms with Crippen LogP contribution in [0.5, 0.6) is 0 Å². The van der Waals surface area contributed by atoms with Crippen molar-refractivity contribution < 1.29 is 32.7 Å². The molecule has 51 heavy (non-hydrogen) atoms. The van der Waals surface area contributed by atoms with Crippen molar-refractivity contribution in [2.75, 3.05) is 42.5 Å². The molecule has 2 atom stereocenters. The fourth-order valence-electron chi connectivity index (χ4n) is 6.54. The number of anilines is 2. The van der Waals surface area contributed by atoms with Crippen molar-refractivity contribution in [1.29, 1.82) is 5.26 Å². The first-order valence-corrected chi connectivity index (χ1v) is 17.3. The highest BCUT2D eigenvalue weighted by Gasteiger charge is 2.37. The Bertz CT molecular complexity index is 1570. The molecule has 16 heteroatoms. The van der Waals surface area contributed by atoms with Gasteiger partial charge in [-0.25, -0.2) is 9.78 Å². The summed E-state index contributed by atoms with van der Waals surface area (Å²) in [5, 5.41) is 23.9. The summed E-state index contributed by atoms with van der Waals surface area (Å²) < 4.78 is 42.2. The monoisotopic (exact) mass is 713 g/mol. The summed E-state index contributed by atoms with van der Waals surface area (Å²) in [5.74, 6) is -1.45. The molecule has 2 aliphatic heterocycles. The lowest BCUT2D eigenvalue weighted by Crippen LogP contribution is -2.44. The molecule has 7 N–H and O–H groups in total. The van der Waals surface area contributed by atoms with E-state index in [2.05, 4.69) is 26.7 Å². The molecule has 276 valence electrons. The molecule has 13 nitrogen and oxygen atoms in total. The van der Waals surface area contributed by atoms with Gasteiger partial charge in [-0.3, -0.25) is 14.6 Å². The Hall–Kier alpha value is -5.07. The van der Waals surface area contributed by atoms with Crippen LogP contribution in [0.1, 0.15) is 74.6 Å². The van der Waals surface area contributed by atoms with Gasteiger partial charge in [0, 0.05) is 50.9 Å². The van der Waals surface area contributed by atoms with E-state index in [4.69, 9.17) is 16.7 Å². The fraction of sp³-hybridized carbons (Fsp3) is 0.543. The van der Waals surface area contributed by atoms with Gasteiger partial charge in [-0.15, -0.1) is 0 Å². The predicted octanol–water partition coefficient (Wildman–Crippen LogP) is 3.31. The number of carbonyl (C=O) groups excluding carboxylic acids is 2. The SMILES string of the molecule is N#Cc1ccc(CCNC(=O)[C@@H]2CCCN2c2cc(N3CCC(CCCC(=O)NC(CCCN=C(N)N)C(=O)O)CC3)cc(C(F)(F)F)n2)cc1. The van der Waals surface area contributed by atoms with Gasteiger partial charge in [-0.1, -0.05) is 12.1 Å². The number of pyridine rings is 1. The number of carboxylic acids is 1. The zero-order valence-electron chi connectivity index (χ0n) is 28.5. The Morgan fingerprint density at radius 2 is 1.80 bits per heavy atom. The first kappa shape index (κ1) is 38.7. The van der Waals surface area contributed by atoms with Crippen LogP contribution >= 0.6 is 0 Å². The number of carbonyl (C=O) groups is 3. The molecule has 0 spiro atoms. The summed E-state index contributed by atoms with van der Waals surface area (Å²) in [4.78, 5) is 48.5. The topological polar surface area (TPSA) is 203 Å². The number of rotatable bonds is 16. The van der Waals surface area contributed by atoms with E-state index in [1.165, 1.54) is 0 Å². The molecule has 1 aromatic heterocycles. The number of amides is 2. The number of alkyl halides is 3.